The minimum absolute atomic E-state index is 0.322. The van der Waals surface area contributed by atoms with E-state index in [1.165, 1.54) is 11.8 Å². The zero-order valence-corrected chi connectivity index (χ0v) is 18.1. The molecule has 2 aliphatic rings. The number of amidine groups is 1. The molecule has 2 aliphatic heterocycles. The molecule has 1 aromatic carbocycles. The summed E-state index contributed by atoms with van der Waals surface area (Å²) < 4.78 is 17.5. The van der Waals surface area contributed by atoms with Crippen molar-refractivity contribution in [3.63, 3.8) is 0 Å². The van der Waals surface area contributed by atoms with Crippen LogP contribution < -0.4 is 4.74 Å². The fourth-order valence-electron chi connectivity index (χ4n) is 3.75. The first-order valence-corrected chi connectivity index (χ1v) is 10.3. The van der Waals surface area contributed by atoms with Gasteiger partial charge in [-0.05, 0) is 37.5 Å². The standard InChI is InChI=1S/C20H30N2O5S/c1-10-7-13(8-11(2)17(10)25-6)9-26-12(3)18-16(24)15(23)14-19(27-18)28-20(21-14)22(4)5/h7-8,12,14-16,18-19,23-24H,9H2,1-6H3/t12-,14+,15+,16-,18+,19+/m0/s1. The predicted octanol–water partition coefficient (Wildman–Crippen LogP) is 1.70. The summed E-state index contributed by atoms with van der Waals surface area (Å²) in [5.74, 6) is 0.881. The van der Waals surface area contributed by atoms with Gasteiger partial charge in [0.2, 0.25) is 0 Å². The number of nitrogens with zero attached hydrogens (tertiary/aromatic N) is 2. The third kappa shape index (κ3) is 4.16. The number of aliphatic imine (C=N–C) groups is 1. The Kier molecular flexibility index (Phi) is 6.56. The van der Waals surface area contributed by atoms with E-state index in [0.29, 0.717) is 6.61 Å². The zero-order chi connectivity index (χ0) is 20.6. The lowest BCUT2D eigenvalue weighted by Gasteiger charge is -2.40. The molecule has 2 N–H and O–H groups in total. The van der Waals surface area contributed by atoms with Crippen molar-refractivity contribution in [3.05, 3.63) is 28.8 Å². The Morgan fingerprint density at radius 1 is 1.21 bits per heavy atom. The Balaban J connectivity index is 1.64. The Hall–Kier alpha value is -1.32. The summed E-state index contributed by atoms with van der Waals surface area (Å²) in [5, 5.41) is 21.9. The molecule has 1 aromatic rings. The van der Waals surface area contributed by atoms with Crippen LogP contribution in [-0.2, 0) is 16.1 Å². The van der Waals surface area contributed by atoms with Gasteiger partial charge in [-0.3, -0.25) is 4.99 Å². The Bertz CT molecular complexity index is 718. The molecular formula is C20H30N2O5S. The lowest BCUT2D eigenvalue weighted by molar-refractivity contribution is -0.193. The van der Waals surface area contributed by atoms with Gasteiger partial charge in [-0.15, -0.1) is 0 Å². The van der Waals surface area contributed by atoms with Crippen molar-refractivity contribution in [2.24, 2.45) is 4.99 Å². The maximum atomic E-state index is 10.6. The lowest BCUT2D eigenvalue weighted by Crippen LogP contribution is -2.58. The molecule has 7 nitrogen and oxygen atoms in total. The number of aryl methyl sites for hydroxylation is 2. The van der Waals surface area contributed by atoms with Crippen LogP contribution in [0.2, 0.25) is 0 Å². The first-order chi connectivity index (χ1) is 13.2. The van der Waals surface area contributed by atoms with E-state index >= 15 is 0 Å². The minimum atomic E-state index is -1.05. The summed E-state index contributed by atoms with van der Waals surface area (Å²) in [6.07, 6.45) is -3.05. The average molecular weight is 411 g/mol. The van der Waals surface area contributed by atoms with Crippen molar-refractivity contribution in [3.8, 4) is 5.75 Å². The second-order valence-electron chi connectivity index (χ2n) is 7.64. The molecule has 0 saturated carbocycles. The third-order valence-corrected chi connectivity index (χ3v) is 6.47. The second-order valence-corrected chi connectivity index (χ2v) is 8.71. The van der Waals surface area contributed by atoms with E-state index in [2.05, 4.69) is 4.99 Å². The van der Waals surface area contributed by atoms with Gasteiger partial charge < -0.3 is 29.3 Å². The van der Waals surface area contributed by atoms with E-state index in [9.17, 15) is 10.2 Å². The maximum Gasteiger partial charge on any atom is 0.161 e. The first-order valence-electron chi connectivity index (χ1n) is 9.42. The van der Waals surface area contributed by atoms with E-state index < -0.39 is 30.5 Å². The van der Waals surface area contributed by atoms with Crippen molar-refractivity contribution < 1.29 is 24.4 Å². The van der Waals surface area contributed by atoms with Crippen LogP contribution >= 0.6 is 11.8 Å². The predicted molar refractivity (Wildman–Crippen MR) is 110 cm³/mol. The van der Waals surface area contributed by atoms with Gasteiger partial charge in [-0.1, -0.05) is 23.9 Å². The smallest absolute Gasteiger partial charge is 0.161 e. The van der Waals surface area contributed by atoms with Crippen molar-refractivity contribution in [2.75, 3.05) is 21.2 Å². The van der Waals surface area contributed by atoms with E-state index in [0.717, 1.165) is 27.6 Å². The Morgan fingerprint density at radius 2 is 1.86 bits per heavy atom. The summed E-state index contributed by atoms with van der Waals surface area (Å²) >= 11 is 1.47. The van der Waals surface area contributed by atoms with Crippen molar-refractivity contribution in [2.45, 2.75) is 63.3 Å². The number of benzene rings is 1. The van der Waals surface area contributed by atoms with Crippen LogP contribution in [0.4, 0.5) is 0 Å². The number of ether oxygens (including phenoxy) is 3. The highest BCUT2D eigenvalue weighted by molar-refractivity contribution is 8.14. The highest BCUT2D eigenvalue weighted by Crippen LogP contribution is 2.38. The zero-order valence-electron chi connectivity index (χ0n) is 17.2. The lowest BCUT2D eigenvalue weighted by atomic mass is 9.95. The quantitative estimate of drug-likeness (QED) is 0.764. The summed E-state index contributed by atoms with van der Waals surface area (Å²) in [6.45, 7) is 6.25. The average Bonchev–Trinajstić information content (AvgIpc) is 3.07. The van der Waals surface area contributed by atoms with Gasteiger partial charge in [0.1, 0.15) is 35.5 Å². The van der Waals surface area contributed by atoms with Crippen LogP contribution in [0.5, 0.6) is 5.75 Å². The summed E-state index contributed by atoms with van der Waals surface area (Å²) in [5.41, 5.74) is 2.81. The number of thioether (sulfide) groups is 1. The number of rotatable bonds is 5. The Morgan fingerprint density at radius 3 is 2.43 bits per heavy atom. The molecular weight excluding hydrogens is 380 g/mol. The topological polar surface area (TPSA) is 83.8 Å². The van der Waals surface area contributed by atoms with Crippen LogP contribution in [0.25, 0.3) is 0 Å². The van der Waals surface area contributed by atoms with Gasteiger partial charge in [0, 0.05) is 14.1 Å². The van der Waals surface area contributed by atoms with E-state index in [4.69, 9.17) is 14.2 Å². The van der Waals surface area contributed by atoms with Crippen molar-refractivity contribution >= 4 is 16.9 Å². The number of aliphatic hydroxyl groups excluding tert-OH is 2. The SMILES string of the molecule is COc1c(C)cc(CO[C@@H](C)[C@H]2O[C@@H]3SC(N(C)C)=N[C@@H]3[C@@H](O)[C@@H]2O)cc1C. The molecule has 1 saturated heterocycles. The number of fused-ring (bicyclic) bond motifs is 1. The van der Waals surface area contributed by atoms with E-state index in [-0.39, 0.29) is 5.44 Å². The van der Waals surface area contributed by atoms with E-state index in [1.54, 1.807) is 7.11 Å². The summed E-state index contributed by atoms with van der Waals surface area (Å²) in [7, 11) is 5.46. The minimum Gasteiger partial charge on any atom is -0.496 e. The van der Waals surface area contributed by atoms with Crippen LogP contribution in [-0.4, -0.2) is 77.4 Å². The number of methoxy groups -OCH3 is 1. The van der Waals surface area contributed by atoms with Crippen molar-refractivity contribution in [1.82, 2.24) is 4.90 Å². The molecule has 3 rings (SSSR count). The summed E-state index contributed by atoms with van der Waals surface area (Å²) in [4.78, 5) is 6.37. The van der Waals surface area contributed by atoms with Crippen LogP contribution in [0, 0.1) is 13.8 Å². The normalized spacial score (nSPS) is 30.6. The number of hydrogen-bond acceptors (Lipinski definition) is 8. The molecule has 0 aromatic heterocycles. The molecule has 8 heteroatoms. The van der Waals surface area contributed by atoms with Gasteiger partial charge >= 0.3 is 0 Å². The van der Waals surface area contributed by atoms with Gasteiger partial charge in [0.15, 0.2) is 5.17 Å². The number of aliphatic hydroxyl groups is 2. The highest BCUT2D eigenvalue weighted by Gasteiger charge is 2.50. The second kappa shape index (κ2) is 8.59. The maximum absolute atomic E-state index is 10.6. The molecule has 0 amide bonds. The molecule has 1 fully saturated rings. The molecule has 0 bridgehead atoms. The fourth-order valence-corrected chi connectivity index (χ4v) is 4.89. The van der Waals surface area contributed by atoms with Gasteiger partial charge in [-0.2, -0.15) is 0 Å². The molecule has 28 heavy (non-hydrogen) atoms. The molecule has 6 atom stereocenters. The monoisotopic (exact) mass is 410 g/mol. The summed E-state index contributed by atoms with van der Waals surface area (Å²) in [6, 6.07) is 3.60. The van der Waals surface area contributed by atoms with Crippen LogP contribution in [0.1, 0.15) is 23.6 Å². The number of hydrogen-bond donors (Lipinski definition) is 2. The molecule has 0 spiro atoms. The fraction of sp³-hybridized carbons (Fsp3) is 0.650. The van der Waals surface area contributed by atoms with Crippen LogP contribution in [0.3, 0.4) is 0 Å². The molecule has 0 radical (unpaired) electrons. The van der Waals surface area contributed by atoms with Crippen LogP contribution in [0.15, 0.2) is 17.1 Å². The first kappa shape index (κ1) is 21.4. The van der Waals surface area contributed by atoms with Gasteiger partial charge in [0.25, 0.3) is 0 Å². The van der Waals surface area contributed by atoms with E-state index in [1.807, 2.05) is 51.9 Å². The molecule has 2 heterocycles. The van der Waals surface area contributed by atoms with Gasteiger partial charge in [0.05, 0.1) is 19.8 Å². The van der Waals surface area contributed by atoms with Crippen molar-refractivity contribution in [1.29, 1.82) is 0 Å². The highest BCUT2D eigenvalue weighted by atomic mass is 32.2. The molecule has 0 aliphatic carbocycles. The third-order valence-electron chi connectivity index (χ3n) is 5.17. The molecule has 0 unspecified atom stereocenters. The van der Waals surface area contributed by atoms with Gasteiger partial charge in [-0.25, -0.2) is 0 Å². The molecule has 156 valence electrons. The largest absolute Gasteiger partial charge is 0.496 e. The Labute approximate surface area is 170 Å².